The minimum atomic E-state index is -0.864. The van der Waals surface area contributed by atoms with Crippen molar-refractivity contribution in [2.75, 3.05) is 11.1 Å². The quantitative estimate of drug-likeness (QED) is 0.815. The molecule has 104 valence electrons. The van der Waals surface area contributed by atoms with E-state index in [1.807, 2.05) is 0 Å². The number of amides is 1. The highest BCUT2D eigenvalue weighted by Gasteiger charge is 2.16. The van der Waals surface area contributed by atoms with Crippen LogP contribution in [-0.4, -0.2) is 5.91 Å². The Morgan fingerprint density at radius 1 is 1.30 bits per heavy atom. The molecule has 0 bridgehead atoms. The van der Waals surface area contributed by atoms with E-state index in [1.54, 1.807) is 19.1 Å². The van der Waals surface area contributed by atoms with Crippen LogP contribution < -0.4 is 11.1 Å². The van der Waals surface area contributed by atoms with Gasteiger partial charge in [0, 0.05) is 16.2 Å². The summed E-state index contributed by atoms with van der Waals surface area (Å²) in [4.78, 5) is 12.1. The summed E-state index contributed by atoms with van der Waals surface area (Å²) in [7, 11) is 0. The van der Waals surface area contributed by atoms with Crippen LogP contribution in [0.25, 0.3) is 0 Å². The Hall–Kier alpha value is -1.95. The van der Waals surface area contributed by atoms with Gasteiger partial charge in [-0.15, -0.1) is 0 Å². The first-order valence-corrected chi connectivity index (χ1v) is 6.50. The first-order chi connectivity index (χ1) is 9.40. The van der Waals surface area contributed by atoms with E-state index in [4.69, 9.17) is 5.73 Å². The zero-order chi connectivity index (χ0) is 14.9. The average Bonchev–Trinajstić information content (AvgIpc) is 2.36. The first-order valence-electron chi connectivity index (χ1n) is 5.71. The third kappa shape index (κ3) is 2.80. The molecule has 3 nitrogen and oxygen atoms in total. The average molecular weight is 341 g/mol. The summed E-state index contributed by atoms with van der Waals surface area (Å²) in [5.41, 5.74) is 6.99. The Bertz CT molecular complexity index is 666. The fourth-order valence-corrected chi connectivity index (χ4v) is 2.23. The molecule has 0 aromatic heterocycles. The van der Waals surface area contributed by atoms with Crippen LogP contribution in [0, 0.1) is 18.6 Å². The molecule has 3 N–H and O–H groups in total. The Kier molecular flexibility index (Phi) is 4.04. The lowest BCUT2D eigenvalue weighted by molar-refractivity contribution is 0.102. The SMILES string of the molecule is Cc1cccc(C(=O)Nc2c(F)cc(F)cc2Br)c1N. The van der Waals surface area contributed by atoms with Crippen LogP contribution in [0.3, 0.4) is 0 Å². The standard InChI is InChI=1S/C14H11BrF2N2O/c1-7-3-2-4-9(12(7)18)14(20)19-13-10(15)5-8(16)6-11(13)17/h2-6H,18H2,1H3,(H,19,20). The summed E-state index contributed by atoms with van der Waals surface area (Å²) < 4.78 is 26.8. The van der Waals surface area contributed by atoms with Crippen molar-refractivity contribution in [1.82, 2.24) is 0 Å². The number of para-hydroxylation sites is 1. The molecule has 0 aliphatic carbocycles. The second-order valence-electron chi connectivity index (χ2n) is 4.23. The lowest BCUT2D eigenvalue weighted by Crippen LogP contribution is -2.16. The largest absolute Gasteiger partial charge is 0.398 e. The molecule has 0 atom stereocenters. The normalized spacial score (nSPS) is 10.4. The van der Waals surface area contributed by atoms with Crippen LogP contribution in [0.15, 0.2) is 34.8 Å². The maximum Gasteiger partial charge on any atom is 0.257 e. The second kappa shape index (κ2) is 5.58. The van der Waals surface area contributed by atoms with Crippen LogP contribution >= 0.6 is 15.9 Å². The third-order valence-corrected chi connectivity index (χ3v) is 3.44. The second-order valence-corrected chi connectivity index (χ2v) is 5.09. The molecule has 2 aromatic rings. The van der Waals surface area contributed by atoms with Crippen molar-refractivity contribution in [1.29, 1.82) is 0 Å². The number of nitrogens with two attached hydrogens (primary N) is 1. The molecule has 0 spiro atoms. The molecule has 0 unspecified atom stereocenters. The molecule has 0 aliphatic rings. The molecule has 2 rings (SSSR count). The number of benzene rings is 2. The smallest absolute Gasteiger partial charge is 0.257 e. The van der Waals surface area contributed by atoms with E-state index in [2.05, 4.69) is 21.2 Å². The van der Waals surface area contributed by atoms with Gasteiger partial charge >= 0.3 is 0 Å². The van der Waals surface area contributed by atoms with Crippen molar-refractivity contribution in [3.63, 3.8) is 0 Å². The summed E-state index contributed by atoms with van der Waals surface area (Å²) in [6.45, 7) is 1.76. The lowest BCUT2D eigenvalue weighted by Gasteiger charge is -2.11. The van der Waals surface area contributed by atoms with Gasteiger partial charge in [-0.2, -0.15) is 0 Å². The van der Waals surface area contributed by atoms with Crippen LogP contribution in [0.4, 0.5) is 20.2 Å². The molecule has 0 saturated heterocycles. The first kappa shape index (κ1) is 14.5. The predicted molar refractivity (Wildman–Crippen MR) is 77.6 cm³/mol. The fraction of sp³-hybridized carbons (Fsp3) is 0.0714. The summed E-state index contributed by atoms with van der Waals surface area (Å²) in [5, 5.41) is 2.38. The van der Waals surface area contributed by atoms with Gasteiger partial charge in [-0.25, -0.2) is 8.78 Å². The van der Waals surface area contributed by atoms with Gasteiger partial charge in [0.05, 0.1) is 11.3 Å². The summed E-state index contributed by atoms with van der Waals surface area (Å²) in [6.07, 6.45) is 0. The molecular weight excluding hydrogens is 330 g/mol. The number of rotatable bonds is 2. The van der Waals surface area contributed by atoms with E-state index in [-0.39, 0.29) is 15.7 Å². The molecule has 0 fully saturated rings. The van der Waals surface area contributed by atoms with E-state index in [1.165, 1.54) is 6.07 Å². The number of aryl methyl sites for hydroxylation is 1. The van der Waals surface area contributed by atoms with Gasteiger partial charge in [0.1, 0.15) is 5.82 Å². The van der Waals surface area contributed by atoms with Crippen LogP contribution in [0.5, 0.6) is 0 Å². The topological polar surface area (TPSA) is 55.1 Å². The van der Waals surface area contributed by atoms with Crippen molar-refractivity contribution in [2.24, 2.45) is 0 Å². The molecule has 0 aliphatic heterocycles. The number of carbonyl (C=O) groups excluding carboxylic acids is 1. The molecular formula is C14H11BrF2N2O. The highest BCUT2D eigenvalue weighted by Crippen LogP contribution is 2.28. The third-order valence-electron chi connectivity index (χ3n) is 2.81. The Morgan fingerprint density at radius 3 is 2.65 bits per heavy atom. The van der Waals surface area contributed by atoms with Crippen molar-refractivity contribution in [3.05, 3.63) is 57.6 Å². The van der Waals surface area contributed by atoms with Gasteiger partial charge < -0.3 is 11.1 Å². The molecule has 1 amide bonds. The Balaban J connectivity index is 2.36. The van der Waals surface area contributed by atoms with Crippen molar-refractivity contribution < 1.29 is 13.6 Å². The monoisotopic (exact) mass is 340 g/mol. The van der Waals surface area contributed by atoms with Gasteiger partial charge in [0.2, 0.25) is 0 Å². The Morgan fingerprint density at radius 2 is 2.00 bits per heavy atom. The zero-order valence-electron chi connectivity index (χ0n) is 10.5. The number of anilines is 2. The molecule has 0 saturated carbocycles. The minimum absolute atomic E-state index is 0.120. The van der Waals surface area contributed by atoms with Crippen molar-refractivity contribution >= 4 is 33.2 Å². The van der Waals surface area contributed by atoms with Gasteiger partial charge in [-0.1, -0.05) is 12.1 Å². The number of carbonyl (C=O) groups is 1. The number of halogens is 3. The highest BCUT2D eigenvalue weighted by molar-refractivity contribution is 9.10. The number of nitrogen functional groups attached to an aromatic ring is 1. The maximum absolute atomic E-state index is 13.7. The van der Waals surface area contributed by atoms with Gasteiger partial charge in [0.15, 0.2) is 5.82 Å². The summed E-state index contributed by atoms with van der Waals surface area (Å²) >= 11 is 3.01. The van der Waals surface area contributed by atoms with Crippen molar-refractivity contribution in [3.8, 4) is 0 Å². The summed E-state index contributed by atoms with van der Waals surface area (Å²) in [6, 6.07) is 6.74. The van der Waals surface area contributed by atoms with E-state index in [0.717, 1.165) is 11.6 Å². The maximum atomic E-state index is 13.7. The van der Waals surface area contributed by atoms with Gasteiger partial charge in [0.25, 0.3) is 5.91 Å². The van der Waals surface area contributed by atoms with E-state index < -0.39 is 17.5 Å². The van der Waals surface area contributed by atoms with Gasteiger partial charge in [-0.3, -0.25) is 4.79 Å². The highest BCUT2D eigenvalue weighted by atomic mass is 79.9. The molecule has 2 aromatic carbocycles. The van der Waals surface area contributed by atoms with Crippen molar-refractivity contribution in [2.45, 2.75) is 6.92 Å². The van der Waals surface area contributed by atoms with Crippen LogP contribution in [0.1, 0.15) is 15.9 Å². The lowest BCUT2D eigenvalue weighted by atomic mass is 10.1. The molecule has 20 heavy (non-hydrogen) atoms. The predicted octanol–water partition coefficient (Wildman–Crippen LogP) is 3.87. The molecule has 6 heteroatoms. The molecule has 0 heterocycles. The Labute approximate surface area is 122 Å². The number of hydrogen-bond acceptors (Lipinski definition) is 2. The van der Waals surface area contributed by atoms with E-state index >= 15 is 0 Å². The van der Waals surface area contributed by atoms with E-state index in [9.17, 15) is 13.6 Å². The van der Waals surface area contributed by atoms with Crippen LogP contribution in [-0.2, 0) is 0 Å². The van der Waals surface area contributed by atoms with Gasteiger partial charge in [-0.05, 0) is 40.5 Å². The zero-order valence-corrected chi connectivity index (χ0v) is 12.1. The number of hydrogen-bond donors (Lipinski definition) is 2. The number of nitrogens with one attached hydrogen (secondary N) is 1. The minimum Gasteiger partial charge on any atom is -0.398 e. The fourth-order valence-electron chi connectivity index (χ4n) is 1.72. The van der Waals surface area contributed by atoms with Crippen LogP contribution in [0.2, 0.25) is 0 Å². The van der Waals surface area contributed by atoms with E-state index in [0.29, 0.717) is 11.8 Å². The summed E-state index contributed by atoms with van der Waals surface area (Å²) in [5.74, 6) is -2.16. The molecule has 0 radical (unpaired) electrons.